The lowest BCUT2D eigenvalue weighted by atomic mass is 10.0. The minimum absolute atomic E-state index is 0.173. The number of nitrogens with one attached hydrogen (secondary N) is 1. The van der Waals surface area contributed by atoms with E-state index in [9.17, 15) is 4.79 Å². The highest BCUT2D eigenvalue weighted by atomic mass is 32.2. The van der Waals surface area contributed by atoms with Gasteiger partial charge in [0.25, 0.3) is 0 Å². The topological polar surface area (TPSA) is 49.3 Å². The number of thioether (sulfide) groups is 1. The van der Waals surface area contributed by atoms with Crippen molar-refractivity contribution in [2.45, 2.75) is 44.3 Å². The molecule has 0 saturated carbocycles. The molecule has 1 amide bonds. The minimum atomic E-state index is -0.211. The zero-order chi connectivity index (χ0) is 12.0. The molecule has 0 bridgehead atoms. The molecule has 0 aliphatic carbocycles. The van der Waals surface area contributed by atoms with Gasteiger partial charge in [-0.15, -0.1) is 11.8 Å². The molecule has 1 fully saturated rings. The highest BCUT2D eigenvalue weighted by molar-refractivity contribution is 8.01. The summed E-state index contributed by atoms with van der Waals surface area (Å²) in [5.74, 6) is 1.67. The molecule has 0 radical (unpaired) electrons. The van der Waals surface area contributed by atoms with E-state index in [1.54, 1.807) is 11.8 Å². The van der Waals surface area contributed by atoms with E-state index in [0.29, 0.717) is 12.5 Å². The number of hydrogen-bond acceptors (Lipinski definition) is 3. The van der Waals surface area contributed by atoms with Crippen LogP contribution in [-0.4, -0.2) is 34.7 Å². The highest BCUT2D eigenvalue weighted by Crippen LogP contribution is 2.37. The van der Waals surface area contributed by atoms with Crippen LogP contribution >= 0.6 is 11.8 Å². The molecule has 1 heterocycles. The summed E-state index contributed by atoms with van der Waals surface area (Å²) in [6.07, 6.45) is 3.91. The van der Waals surface area contributed by atoms with E-state index >= 15 is 0 Å². The van der Waals surface area contributed by atoms with Gasteiger partial charge in [0.15, 0.2) is 0 Å². The number of aliphatic hydroxyl groups is 1. The lowest BCUT2D eigenvalue weighted by molar-refractivity contribution is -0.123. The van der Waals surface area contributed by atoms with Crippen LogP contribution < -0.4 is 5.32 Å². The Hall–Kier alpha value is -0.220. The van der Waals surface area contributed by atoms with Crippen LogP contribution in [0.3, 0.4) is 0 Å². The standard InChI is InChI=1S/C12H23NO2S/c1-3-10(5-7-14)9-13-11(15)12(2)6-4-8-16-12/h10,14H,3-9H2,1-2H3,(H,13,15). The van der Waals surface area contributed by atoms with Crippen LogP contribution in [0.25, 0.3) is 0 Å². The Kier molecular flexibility index (Phi) is 5.62. The second-order valence-electron chi connectivity index (χ2n) is 4.68. The van der Waals surface area contributed by atoms with Crippen LogP contribution in [0.2, 0.25) is 0 Å². The number of carbonyl (C=O) groups is 1. The first-order valence-corrected chi connectivity index (χ1v) is 7.14. The number of aliphatic hydroxyl groups excluding tert-OH is 1. The lowest BCUT2D eigenvalue weighted by Gasteiger charge is -2.23. The maximum Gasteiger partial charge on any atom is 0.235 e. The van der Waals surface area contributed by atoms with E-state index in [0.717, 1.165) is 31.4 Å². The first-order chi connectivity index (χ1) is 7.62. The van der Waals surface area contributed by atoms with Gasteiger partial charge >= 0.3 is 0 Å². The largest absolute Gasteiger partial charge is 0.396 e. The molecule has 0 aromatic rings. The summed E-state index contributed by atoms with van der Waals surface area (Å²) in [6.45, 7) is 5.04. The zero-order valence-corrected chi connectivity index (χ0v) is 11.1. The van der Waals surface area contributed by atoms with Gasteiger partial charge in [-0.3, -0.25) is 4.79 Å². The molecule has 1 aliphatic heterocycles. The second kappa shape index (κ2) is 6.50. The van der Waals surface area contributed by atoms with Crippen molar-refractivity contribution in [3.8, 4) is 0 Å². The van der Waals surface area contributed by atoms with Gasteiger partial charge in [0.05, 0.1) is 4.75 Å². The SMILES string of the molecule is CCC(CCO)CNC(=O)C1(C)CCCS1. The maximum absolute atomic E-state index is 12.0. The zero-order valence-electron chi connectivity index (χ0n) is 10.3. The predicted molar refractivity (Wildman–Crippen MR) is 68.6 cm³/mol. The number of rotatable bonds is 6. The number of amides is 1. The smallest absolute Gasteiger partial charge is 0.235 e. The van der Waals surface area contributed by atoms with Crippen LogP contribution in [0.5, 0.6) is 0 Å². The monoisotopic (exact) mass is 245 g/mol. The molecular formula is C12H23NO2S. The van der Waals surface area contributed by atoms with Crippen LogP contribution in [-0.2, 0) is 4.79 Å². The Balaban J connectivity index is 2.33. The van der Waals surface area contributed by atoms with Gasteiger partial charge in [0.1, 0.15) is 0 Å². The third-order valence-corrected chi connectivity index (χ3v) is 4.88. The average Bonchev–Trinajstić information content (AvgIpc) is 2.72. The molecule has 2 atom stereocenters. The first kappa shape index (κ1) is 13.8. The Bertz CT molecular complexity index is 227. The summed E-state index contributed by atoms with van der Waals surface area (Å²) in [5.41, 5.74) is 0. The molecule has 0 aromatic carbocycles. The van der Waals surface area contributed by atoms with Gasteiger partial charge in [-0.2, -0.15) is 0 Å². The predicted octanol–water partition coefficient (Wildman–Crippen LogP) is 1.80. The molecule has 94 valence electrons. The van der Waals surface area contributed by atoms with E-state index in [2.05, 4.69) is 12.2 Å². The van der Waals surface area contributed by atoms with E-state index in [4.69, 9.17) is 5.11 Å². The summed E-state index contributed by atoms with van der Waals surface area (Å²) in [7, 11) is 0. The second-order valence-corrected chi connectivity index (χ2v) is 6.28. The minimum Gasteiger partial charge on any atom is -0.396 e. The van der Waals surface area contributed by atoms with Gasteiger partial charge in [-0.25, -0.2) is 0 Å². The Morgan fingerprint density at radius 2 is 2.38 bits per heavy atom. The molecular weight excluding hydrogens is 222 g/mol. The van der Waals surface area contributed by atoms with Gasteiger partial charge in [0, 0.05) is 13.2 Å². The number of carbonyl (C=O) groups excluding carboxylic acids is 1. The molecule has 3 nitrogen and oxygen atoms in total. The maximum atomic E-state index is 12.0. The van der Waals surface area contributed by atoms with Gasteiger partial charge in [-0.1, -0.05) is 13.3 Å². The fraction of sp³-hybridized carbons (Fsp3) is 0.917. The lowest BCUT2D eigenvalue weighted by Crippen LogP contribution is -2.42. The quantitative estimate of drug-likeness (QED) is 0.750. The first-order valence-electron chi connectivity index (χ1n) is 6.15. The molecule has 2 unspecified atom stereocenters. The molecule has 0 aromatic heterocycles. The summed E-state index contributed by atoms with van der Waals surface area (Å²) in [4.78, 5) is 12.0. The van der Waals surface area contributed by atoms with Crippen LogP contribution in [0.15, 0.2) is 0 Å². The molecule has 2 N–H and O–H groups in total. The summed E-state index contributed by atoms with van der Waals surface area (Å²) >= 11 is 1.76. The van der Waals surface area contributed by atoms with Crippen LogP contribution in [0.4, 0.5) is 0 Å². The van der Waals surface area contributed by atoms with Crippen molar-refractivity contribution in [1.82, 2.24) is 5.32 Å². The van der Waals surface area contributed by atoms with E-state index in [1.807, 2.05) is 6.92 Å². The van der Waals surface area contributed by atoms with Crippen molar-refractivity contribution in [3.63, 3.8) is 0 Å². The normalized spacial score (nSPS) is 26.7. The molecule has 4 heteroatoms. The van der Waals surface area contributed by atoms with E-state index < -0.39 is 0 Å². The highest BCUT2D eigenvalue weighted by Gasteiger charge is 2.36. The Labute approximate surface area is 102 Å². The van der Waals surface area contributed by atoms with Crippen LogP contribution in [0.1, 0.15) is 39.5 Å². The molecule has 1 aliphatic rings. The fourth-order valence-corrected chi connectivity index (χ4v) is 3.25. The van der Waals surface area contributed by atoms with Gasteiger partial charge in [-0.05, 0) is 37.9 Å². The van der Waals surface area contributed by atoms with E-state index in [1.165, 1.54) is 0 Å². The van der Waals surface area contributed by atoms with Crippen molar-refractivity contribution in [3.05, 3.63) is 0 Å². The van der Waals surface area contributed by atoms with Crippen LogP contribution in [0, 0.1) is 5.92 Å². The molecule has 1 saturated heterocycles. The van der Waals surface area contributed by atoms with Gasteiger partial charge < -0.3 is 10.4 Å². The Morgan fingerprint density at radius 1 is 1.62 bits per heavy atom. The summed E-state index contributed by atoms with van der Waals surface area (Å²) in [6, 6.07) is 0. The fourth-order valence-electron chi connectivity index (χ4n) is 2.02. The Morgan fingerprint density at radius 3 is 2.88 bits per heavy atom. The number of hydrogen-bond donors (Lipinski definition) is 2. The van der Waals surface area contributed by atoms with E-state index in [-0.39, 0.29) is 17.3 Å². The third-order valence-electron chi connectivity index (χ3n) is 3.37. The molecule has 16 heavy (non-hydrogen) atoms. The van der Waals surface area contributed by atoms with Gasteiger partial charge in [0.2, 0.25) is 5.91 Å². The van der Waals surface area contributed by atoms with Crippen molar-refractivity contribution >= 4 is 17.7 Å². The van der Waals surface area contributed by atoms with Crippen molar-refractivity contribution in [2.75, 3.05) is 18.9 Å². The third kappa shape index (κ3) is 3.67. The summed E-state index contributed by atoms with van der Waals surface area (Å²) in [5, 5.41) is 11.9. The van der Waals surface area contributed by atoms with Crippen molar-refractivity contribution < 1.29 is 9.90 Å². The summed E-state index contributed by atoms with van der Waals surface area (Å²) < 4.78 is -0.211. The van der Waals surface area contributed by atoms with Crippen molar-refractivity contribution in [1.29, 1.82) is 0 Å². The van der Waals surface area contributed by atoms with Crippen molar-refractivity contribution in [2.24, 2.45) is 5.92 Å². The average molecular weight is 245 g/mol. The molecule has 0 spiro atoms. The molecule has 1 rings (SSSR count).